The Kier molecular flexibility index (Phi) is 6.29. The highest BCUT2D eigenvalue weighted by atomic mass is 16.3. The average molecular weight is 401 g/mol. The summed E-state index contributed by atoms with van der Waals surface area (Å²) in [6, 6.07) is 0. The van der Waals surface area contributed by atoms with Crippen molar-refractivity contribution in [3.05, 3.63) is 12.2 Å². The normalized spacial score (nSPS) is 47.9. The zero-order valence-corrected chi connectivity index (χ0v) is 20.0. The molecule has 0 aromatic rings. The van der Waals surface area contributed by atoms with Gasteiger partial charge in [-0.15, -0.1) is 0 Å². The van der Waals surface area contributed by atoms with E-state index in [1.807, 2.05) is 0 Å². The standard InChI is InChI=1S/C28H48O/c1-19(21(3)18-29)9-10-20(2)24-13-14-25-23-12-11-22-8-6-7-16-27(22,4)26(23)15-17-28(24,25)5/h9-10,19-26,29H,6-8,11-18H2,1-5H3/t19?,20-,21?,22?,23+,24-,25+,26+,27+,28-/m1/s1. The minimum atomic E-state index is 0.298. The predicted molar refractivity (Wildman–Crippen MR) is 124 cm³/mol. The summed E-state index contributed by atoms with van der Waals surface area (Å²) in [5, 5.41) is 9.46. The van der Waals surface area contributed by atoms with Crippen LogP contribution < -0.4 is 0 Å². The molecule has 3 unspecified atom stereocenters. The lowest BCUT2D eigenvalue weighted by atomic mass is 9.44. The number of allylic oxidation sites excluding steroid dienone is 2. The topological polar surface area (TPSA) is 20.2 Å². The molecule has 1 nitrogen and oxygen atoms in total. The van der Waals surface area contributed by atoms with Crippen LogP contribution in [0.5, 0.6) is 0 Å². The quantitative estimate of drug-likeness (QED) is 0.474. The average Bonchev–Trinajstić information content (AvgIpc) is 3.08. The smallest absolute Gasteiger partial charge is 0.0462 e. The molecule has 0 aromatic heterocycles. The number of rotatable bonds is 5. The van der Waals surface area contributed by atoms with Crippen LogP contribution in [-0.4, -0.2) is 11.7 Å². The first-order chi connectivity index (χ1) is 13.8. The number of aliphatic hydroxyl groups is 1. The predicted octanol–water partition coefficient (Wildman–Crippen LogP) is 7.49. The van der Waals surface area contributed by atoms with Crippen molar-refractivity contribution in [3.8, 4) is 0 Å². The summed E-state index contributed by atoms with van der Waals surface area (Å²) >= 11 is 0. The Morgan fingerprint density at radius 3 is 2.34 bits per heavy atom. The summed E-state index contributed by atoms with van der Waals surface area (Å²) in [5.41, 5.74) is 1.23. The third kappa shape index (κ3) is 3.66. The molecular formula is C28H48O. The van der Waals surface area contributed by atoms with E-state index in [-0.39, 0.29) is 0 Å². The van der Waals surface area contributed by atoms with Crippen LogP contribution >= 0.6 is 0 Å². The van der Waals surface area contributed by atoms with E-state index >= 15 is 0 Å². The van der Waals surface area contributed by atoms with Gasteiger partial charge in [0.2, 0.25) is 0 Å². The Morgan fingerprint density at radius 1 is 0.828 bits per heavy atom. The van der Waals surface area contributed by atoms with Gasteiger partial charge in [0.15, 0.2) is 0 Å². The lowest BCUT2D eigenvalue weighted by molar-refractivity contribution is -0.112. The van der Waals surface area contributed by atoms with Crippen LogP contribution in [0.1, 0.15) is 98.8 Å². The van der Waals surface area contributed by atoms with E-state index < -0.39 is 0 Å². The second-order valence-corrected chi connectivity index (χ2v) is 12.4. The Bertz CT molecular complexity index is 595. The highest BCUT2D eigenvalue weighted by Crippen LogP contribution is 2.68. The number of hydrogen-bond acceptors (Lipinski definition) is 1. The van der Waals surface area contributed by atoms with Gasteiger partial charge in [0.05, 0.1) is 0 Å². The molecule has 0 heterocycles. The Hall–Kier alpha value is -0.300. The van der Waals surface area contributed by atoms with Crippen LogP contribution in [0.25, 0.3) is 0 Å². The highest BCUT2D eigenvalue weighted by Gasteiger charge is 2.59. The van der Waals surface area contributed by atoms with Crippen LogP contribution in [0.15, 0.2) is 12.2 Å². The molecular weight excluding hydrogens is 352 g/mol. The molecule has 4 aliphatic rings. The van der Waals surface area contributed by atoms with E-state index in [0.29, 0.717) is 35.2 Å². The molecule has 0 radical (unpaired) electrons. The van der Waals surface area contributed by atoms with Gasteiger partial charge in [0.1, 0.15) is 0 Å². The summed E-state index contributed by atoms with van der Waals surface area (Å²) in [7, 11) is 0. The largest absolute Gasteiger partial charge is 0.396 e. The molecule has 166 valence electrons. The van der Waals surface area contributed by atoms with Gasteiger partial charge >= 0.3 is 0 Å². The maximum atomic E-state index is 9.46. The van der Waals surface area contributed by atoms with E-state index in [1.54, 1.807) is 0 Å². The molecule has 1 N–H and O–H groups in total. The monoisotopic (exact) mass is 400 g/mol. The molecule has 4 saturated carbocycles. The Labute approximate surface area is 181 Å². The Balaban J connectivity index is 1.48. The van der Waals surface area contributed by atoms with Crippen LogP contribution in [-0.2, 0) is 0 Å². The first-order valence-electron chi connectivity index (χ1n) is 13.1. The molecule has 0 bridgehead atoms. The van der Waals surface area contributed by atoms with E-state index in [9.17, 15) is 5.11 Å². The molecule has 0 saturated heterocycles. The third-order valence-electron chi connectivity index (χ3n) is 11.2. The molecule has 0 aromatic carbocycles. The van der Waals surface area contributed by atoms with Gasteiger partial charge in [-0.3, -0.25) is 0 Å². The van der Waals surface area contributed by atoms with E-state index in [0.717, 1.165) is 29.6 Å². The summed E-state index contributed by atoms with van der Waals surface area (Å²) < 4.78 is 0. The van der Waals surface area contributed by atoms with Gasteiger partial charge in [-0.1, -0.05) is 59.6 Å². The molecule has 4 fully saturated rings. The van der Waals surface area contributed by atoms with Crippen molar-refractivity contribution < 1.29 is 5.11 Å². The molecule has 4 aliphatic carbocycles. The summed E-state index contributed by atoms with van der Waals surface area (Å²) in [4.78, 5) is 0. The second-order valence-electron chi connectivity index (χ2n) is 12.4. The zero-order chi connectivity index (χ0) is 20.8. The van der Waals surface area contributed by atoms with E-state index in [4.69, 9.17) is 0 Å². The van der Waals surface area contributed by atoms with Gasteiger partial charge in [-0.05, 0) is 110 Å². The van der Waals surface area contributed by atoms with Crippen LogP contribution in [0.2, 0.25) is 0 Å². The van der Waals surface area contributed by atoms with Gasteiger partial charge in [-0.2, -0.15) is 0 Å². The van der Waals surface area contributed by atoms with Crippen molar-refractivity contribution in [1.29, 1.82) is 0 Å². The van der Waals surface area contributed by atoms with E-state index in [2.05, 4.69) is 46.8 Å². The fraction of sp³-hybridized carbons (Fsp3) is 0.929. The molecule has 10 atom stereocenters. The minimum Gasteiger partial charge on any atom is -0.396 e. The maximum absolute atomic E-state index is 9.46. The van der Waals surface area contributed by atoms with E-state index in [1.165, 1.54) is 64.2 Å². The van der Waals surface area contributed by atoms with Crippen LogP contribution in [0.4, 0.5) is 0 Å². The minimum absolute atomic E-state index is 0.298. The van der Waals surface area contributed by atoms with Crippen LogP contribution in [0, 0.1) is 58.2 Å². The van der Waals surface area contributed by atoms with Crippen molar-refractivity contribution in [2.45, 2.75) is 98.8 Å². The van der Waals surface area contributed by atoms with Crippen molar-refractivity contribution in [2.75, 3.05) is 6.61 Å². The molecule has 0 aliphatic heterocycles. The SMILES string of the molecule is CC(C=C[C@@H](C)[C@H]1CC[C@H]2[C@@H]3CCC4CCCC[C@]4(C)[C@H]3CC[C@]12C)C(C)CO. The highest BCUT2D eigenvalue weighted by molar-refractivity contribution is 5.11. The van der Waals surface area contributed by atoms with Gasteiger partial charge in [0.25, 0.3) is 0 Å². The second kappa shape index (κ2) is 8.33. The summed E-state index contributed by atoms with van der Waals surface area (Å²) in [5.74, 6) is 6.44. The lowest BCUT2D eigenvalue weighted by Crippen LogP contribution is -2.53. The molecule has 1 heteroatoms. The zero-order valence-electron chi connectivity index (χ0n) is 20.0. The number of aliphatic hydroxyl groups excluding tert-OH is 1. The maximum Gasteiger partial charge on any atom is 0.0462 e. The Morgan fingerprint density at radius 2 is 1.59 bits per heavy atom. The molecule has 0 spiro atoms. The number of fused-ring (bicyclic) bond motifs is 5. The van der Waals surface area contributed by atoms with Crippen molar-refractivity contribution in [1.82, 2.24) is 0 Å². The molecule has 4 rings (SSSR count). The first kappa shape index (κ1) is 21.9. The molecule has 29 heavy (non-hydrogen) atoms. The van der Waals surface area contributed by atoms with Crippen molar-refractivity contribution in [2.24, 2.45) is 58.2 Å². The van der Waals surface area contributed by atoms with Crippen molar-refractivity contribution in [3.63, 3.8) is 0 Å². The number of hydrogen-bond donors (Lipinski definition) is 1. The summed E-state index contributed by atoms with van der Waals surface area (Å²) in [6.07, 6.45) is 19.9. The molecule has 0 amide bonds. The fourth-order valence-corrected chi connectivity index (χ4v) is 9.04. The lowest BCUT2D eigenvalue weighted by Gasteiger charge is -2.60. The first-order valence-corrected chi connectivity index (χ1v) is 13.1. The van der Waals surface area contributed by atoms with Crippen molar-refractivity contribution >= 4 is 0 Å². The summed E-state index contributed by atoms with van der Waals surface area (Å²) in [6.45, 7) is 12.6. The van der Waals surface area contributed by atoms with Gasteiger partial charge in [0, 0.05) is 6.61 Å². The fourth-order valence-electron chi connectivity index (χ4n) is 9.04. The third-order valence-corrected chi connectivity index (χ3v) is 11.2. The van der Waals surface area contributed by atoms with Crippen LogP contribution in [0.3, 0.4) is 0 Å². The van der Waals surface area contributed by atoms with Gasteiger partial charge < -0.3 is 5.11 Å². The van der Waals surface area contributed by atoms with Gasteiger partial charge in [-0.25, -0.2) is 0 Å².